The van der Waals surface area contributed by atoms with Gasteiger partial charge in [0.05, 0.1) is 19.3 Å². The number of methoxy groups -OCH3 is 1. The minimum absolute atomic E-state index is 0.602. The maximum atomic E-state index is 5.18. The maximum absolute atomic E-state index is 5.18. The minimum Gasteiger partial charge on any atom is -0.497 e. The van der Waals surface area contributed by atoms with Crippen molar-refractivity contribution >= 4 is 5.96 Å². The zero-order valence-corrected chi connectivity index (χ0v) is 15.6. The molecule has 0 saturated carbocycles. The van der Waals surface area contributed by atoms with Crippen molar-refractivity contribution in [1.82, 2.24) is 25.4 Å². The van der Waals surface area contributed by atoms with Crippen LogP contribution in [0.4, 0.5) is 0 Å². The van der Waals surface area contributed by atoms with Crippen molar-refractivity contribution < 1.29 is 4.74 Å². The molecule has 0 saturated heterocycles. The molecule has 0 spiro atoms. The fourth-order valence-corrected chi connectivity index (χ4v) is 2.54. The van der Waals surface area contributed by atoms with E-state index in [0.717, 1.165) is 35.1 Å². The third-order valence-corrected chi connectivity index (χ3v) is 4.00. The lowest BCUT2D eigenvalue weighted by atomic mass is 10.2. The quantitative estimate of drug-likeness (QED) is 0.498. The van der Waals surface area contributed by atoms with Gasteiger partial charge in [-0.25, -0.2) is 14.7 Å². The number of guanidine groups is 1. The van der Waals surface area contributed by atoms with Crippen LogP contribution in [-0.4, -0.2) is 34.4 Å². The molecule has 140 valence electrons. The van der Waals surface area contributed by atoms with Crippen LogP contribution >= 0.6 is 0 Å². The van der Waals surface area contributed by atoms with Gasteiger partial charge in [-0.3, -0.25) is 0 Å². The first-order valence-electron chi connectivity index (χ1n) is 8.87. The smallest absolute Gasteiger partial charge is 0.191 e. The van der Waals surface area contributed by atoms with Gasteiger partial charge in [-0.2, -0.15) is 5.10 Å². The molecule has 3 rings (SSSR count). The van der Waals surface area contributed by atoms with Crippen LogP contribution < -0.4 is 15.4 Å². The van der Waals surface area contributed by atoms with Crippen LogP contribution in [0.3, 0.4) is 0 Å². The molecule has 1 heterocycles. The molecule has 0 atom stereocenters. The zero-order valence-electron chi connectivity index (χ0n) is 15.6. The van der Waals surface area contributed by atoms with Gasteiger partial charge in [-0.05, 0) is 42.3 Å². The van der Waals surface area contributed by atoms with Crippen molar-refractivity contribution in [3.63, 3.8) is 0 Å². The topological polar surface area (TPSA) is 76.4 Å². The number of benzene rings is 2. The highest BCUT2D eigenvalue weighted by molar-refractivity contribution is 5.79. The Kier molecular flexibility index (Phi) is 6.40. The lowest BCUT2D eigenvalue weighted by Gasteiger charge is -2.12. The van der Waals surface area contributed by atoms with E-state index in [9.17, 15) is 0 Å². The highest BCUT2D eigenvalue weighted by Gasteiger charge is 2.01. The van der Waals surface area contributed by atoms with E-state index in [0.29, 0.717) is 13.1 Å². The van der Waals surface area contributed by atoms with Gasteiger partial charge in [0.15, 0.2) is 5.96 Å². The third-order valence-electron chi connectivity index (χ3n) is 4.00. The Hall–Kier alpha value is -3.35. The summed E-state index contributed by atoms with van der Waals surface area (Å²) in [6.07, 6.45) is 3.21. The van der Waals surface area contributed by atoms with Crippen molar-refractivity contribution in [2.24, 2.45) is 4.99 Å². The van der Waals surface area contributed by atoms with Gasteiger partial charge in [0.25, 0.3) is 0 Å². The Morgan fingerprint density at radius 1 is 1.04 bits per heavy atom. The van der Waals surface area contributed by atoms with Crippen LogP contribution in [0.15, 0.2) is 66.2 Å². The number of ether oxygens (including phenoxy) is 1. The van der Waals surface area contributed by atoms with Gasteiger partial charge < -0.3 is 15.4 Å². The first-order valence-corrected chi connectivity index (χ1v) is 8.87. The van der Waals surface area contributed by atoms with Gasteiger partial charge in [0, 0.05) is 13.1 Å². The van der Waals surface area contributed by atoms with Gasteiger partial charge in [-0.15, -0.1) is 0 Å². The summed E-state index contributed by atoms with van der Waals surface area (Å²) < 4.78 is 6.92. The summed E-state index contributed by atoms with van der Waals surface area (Å²) in [6.45, 7) is 4.15. The van der Waals surface area contributed by atoms with E-state index in [1.165, 1.54) is 6.33 Å². The van der Waals surface area contributed by atoms with Crippen LogP contribution in [0.25, 0.3) is 5.69 Å². The van der Waals surface area contributed by atoms with Crippen LogP contribution in [0.2, 0.25) is 0 Å². The Labute approximate surface area is 159 Å². The summed E-state index contributed by atoms with van der Waals surface area (Å²) in [5.41, 5.74) is 3.27. The molecule has 2 N–H and O–H groups in total. The maximum Gasteiger partial charge on any atom is 0.191 e. The second-order valence-electron chi connectivity index (χ2n) is 5.90. The van der Waals surface area contributed by atoms with E-state index in [2.05, 4.69) is 44.8 Å². The Morgan fingerprint density at radius 3 is 2.41 bits per heavy atom. The fourth-order valence-electron chi connectivity index (χ4n) is 2.54. The second kappa shape index (κ2) is 9.38. The molecule has 0 aliphatic rings. The molecule has 7 nitrogen and oxygen atoms in total. The molecular formula is C20H24N6O. The summed E-state index contributed by atoms with van der Waals surface area (Å²) in [4.78, 5) is 8.61. The first-order chi connectivity index (χ1) is 13.3. The average molecular weight is 364 g/mol. The third kappa shape index (κ3) is 5.31. The molecule has 7 heteroatoms. The number of aromatic nitrogens is 3. The SMILES string of the molecule is CCNC(=NCc1ccc(OC)cc1)NCc1ccc(-n2cncn2)cc1. The lowest BCUT2D eigenvalue weighted by molar-refractivity contribution is 0.414. The number of nitrogens with one attached hydrogen (secondary N) is 2. The van der Waals surface area contributed by atoms with Crippen molar-refractivity contribution in [3.05, 3.63) is 72.3 Å². The lowest BCUT2D eigenvalue weighted by Crippen LogP contribution is -2.36. The van der Waals surface area contributed by atoms with E-state index in [1.54, 1.807) is 18.1 Å². The van der Waals surface area contributed by atoms with E-state index in [4.69, 9.17) is 4.74 Å². The number of hydrogen-bond donors (Lipinski definition) is 2. The predicted octanol–water partition coefficient (Wildman–Crippen LogP) is 2.53. The Bertz CT molecular complexity index is 841. The van der Waals surface area contributed by atoms with Crippen LogP contribution in [0.5, 0.6) is 5.75 Å². The molecule has 1 aromatic heterocycles. The Balaban J connectivity index is 1.58. The van der Waals surface area contributed by atoms with E-state index in [1.807, 2.05) is 36.4 Å². The monoisotopic (exact) mass is 364 g/mol. The fraction of sp³-hybridized carbons (Fsp3) is 0.250. The molecule has 0 fully saturated rings. The number of nitrogens with zero attached hydrogens (tertiary/aromatic N) is 4. The van der Waals surface area contributed by atoms with Crippen molar-refractivity contribution in [3.8, 4) is 11.4 Å². The first kappa shape index (κ1) is 18.4. The van der Waals surface area contributed by atoms with E-state index in [-0.39, 0.29) is 0 Å². The van der Waals surface area contributed by atoms with Gasteiger partial charge in [0.2, 0.25) is 0 Å². The summed E-state index contributed by atoms with van der Waals surface area (Å²) in [6, 6.07) is 16.1. The molecule has 2 aromatic carbocycles. The molecule has 0 bridgehead atoms. The summed E-state index contributed by atoms with van der Waals surface area (Å²) in [7, 11) is 1.67. The molecule has 0 aliphatic carbocycles. The molecule has 0 amide bonds. The van der Waals surface area contributed by atoms with Crippen LogP contribution in [0, 0.1) is 0 Å². The van der Waals surface area contributed by atoms with Crippen LogP contribution in [-0.2, 0) is 13.1 Å². The Morgan fingerprint density at radius 2 is 1.78 bits per heavy atom. The number of rotatable bonds is 7. The molecular weight excluding hydrogens is 340 g/mol. The van der Waals surface area contributed by atoms with E-state index < -0.39 is 0 Å². The zero-order chi connectivity index (χ0) is 18.9. The second-order valence-corrected chi connectivity index (χ2v) is 5.90. The largest absolute Gasteiger partial charge is 0.497 e. The summed E-state index contributed by atoms with van der Waals surface area (Å²) >= 11 is 0. The predicted molar refractivity (Wildman–Crippen MR) is 106 cm³/mol. The molecule has 0 aliphatic heterocycles. The highest BCUT2D eigenvalue weighted by Crippen LogP contribution is 2.12. The van der Waals surface area contributed by atoms with Crippen molar-refractivity contribution in [2.75, 3.05) is 13.7 Å². The van der Waals surface area contributed by atoms with Gasteiger partial charge >= 0.3 is 0 Å². The van der Waals surface area contributed by atoms with Gasteiger partial charge in [-0.1, -0.05) is 24.3 Å². The number of hydrogen-bond acceptors (Lipinski definition) is 4. The molecule has 0 unspecified atom stereocenters. The normalized spacial score (nSPS) is 11.3. The molecule has 0 radical (unpaired) electrons. The minimum atomic E-state index is 0.602. The van der Waals surface area contributed by atoms with Crippen molar-refractivity contribution in [2.45, 2.75) is 20.0 Å². The summed E-state index contributed by atoms with van der Waals surface area (Å²) in [5, 5.41) is 10.8. The molecule has 27 heavy (non-hydrogen) atoms. The standard InChI is InChI=1S/C20H24N6O/c1-3-22-20(24-13-17-6-10-19(27-2)11-7-17)23-12-16-4-8-18(9-5-16)26-15-21-14-25-26/h4-11,14-15H,3,12-13H2,1-2H3,(H2,22,23,24). The van der Waals surface area contributed by atoms with E-state index >= 15 is 0 Å². The molecule has 3 aromatic rings. The van der Waals surface area contributed by atoms with Crippen molar-refractivity contribution in [1.29, 1.82) is 0 Å². The summed E-state index contributed by atoms with van der Waals surface area (Å²) in [5.74, 6) is 1.63. The van der Waals surface area contributed by atoms with Gasteiger partial charge in [0.1, 0.15) is 18.4 Å². The number of aliphatic imine (C=N–C) groups is 1. The van der Waals surface area contributed by atoms with Crippen LogP contribution in [0.1, 0.15) is 18.1 Å². The highest BCUT2D eigenvalue weighted by atomic mass is 16.5. The average Bonchev–Trinajstić information content (AvgIpc) is 3.26.